The van der Waals surface area contributed by atoms with Crippen molar-refractivity contribution in [1.82, 2.24) is 10.2 Å². The number of amides is 1. The van der Waals surface area contributed by atoms with E-state index in [2.05, 4.69) is 28.4 Å². The molecule has 1 aromatic carbocycles. The van der Waals surface area contributed by atoms with Gasteiger partial charge in [0.1, 0.15) is 5.75 Å². The van der Waals surface area contributed by atoms with Crippen LogP contribution in [0.2, 0.25) is 0 Å². The maximum absolute atomic E-state index is 12.7. The molecule has 1 aromatic rings. The number of rotatable bonds is 5. The molecule has 2 aliphatic heterocycles. The minimum atomic E-state index is 0.269. The lowest BCUT2D eigenvalue weighted by molar-refractivity contribution is -0.127. The number of methoxy groups -OCH3 is 1. The van der Waals surface area contributed by atoms with Gasteiger partial charge >= 0.3 is 0 Å². The van der Waals surface area contributed by atoms with Crippen LogP contribution in [0, 0.1) is 5.92 Å². The van der Waals surface area contributed by atoms with Crippen LogP contribution >= 0.6 is 0 Å². The number of fused-ring (bicyclic) bond motifs is 2. The van der Waals surface area contributed by atoms with Crippen LogP contribution < -0.4 is 10.1 Å². The number of para-hydroxylation sites is 1. The first-order chi connectivity index (χ1) is 13.2. The number of hydrogen-bond acceptors (Lipinski definition) is 3. The second kappa shape index (κ2) is 8.64. The fourth-order valence-corrected chi connectivity index (χ4v) is 5.57. The number of carbonyl (C=O) groups is 1. The van der Waals surface area contributed by atoms with E-state index in [9.17, 15) is 4.79 Å². The monoisotopic (exact) mass is 370 g/mol. The predicted octanol–water partition coefficient (Wildman–Crippen LogP) is 4.28. The number of carbonyl (C=O) groups excluding carboxylic acids is 1. The number of nitrogens with zero attached hydrogens (tertiary/aromatic N) is 1. The lowest BCUT2D eigenvalue weighted by atomic mass is 9.81. The zero-order chi connectivity index (χ0) is 18.6. The lowest BCUT2D eigenvalue weighted by Gasteiger charge is -2.49. The molecule has 0 aromatic heterocycles. The third-order valence-electron chi connectivity index (χ3n) is 6.99. The van der Waals surface area contributed by atoms with Gasteiger partial charge in [-0.3, -0.25) is 9.69 Å². The number of piperidine rings is 2. The summed E-state index contributed by atoms with van der Waals surface area (Å²) in [6.07, 6.45) is 11.9. The molecular weight excluding hydrogens is 336 g/mol. The van der Waals surface area contributed by atoms with Gasteiger partial charge in [-0.15, -0.1) is 0 Å². The molecule has 148 valence electrons. The van der Waals surface area contributed by atoms with Crippen molar-refractivity contribution < 1.29 is 9.53 Å². The molecule has 1 aliphatic carbocycles. The third-order valence-corrected chi connectivity index (χ3v) is 6.99. The average Bonchev–Trinajstić information content (AvgIpc) is 2.69. The van der Waals surface area contributed by atoms with Gasteiger partial charge in [0, 0.05) is 36.2 Å². The normalized spacial score (nSPS) is 29.3. The highest BCUT2D eigenvalue weighted by molar-refractivity contribution is 5.79. The fraction of sp³-hybridized carbons (Fsp3) is 0.696. The summed E-state index contributed by atoms with van der Waals surface area (Å²) in [7, 11) is 1.76. The van der Waals surface area contributed by atoms with Crippen LogP contribution in [-0.2, 0) is 11.3 Å². The molecule has 1 saturated carbocycles. The Kier molecular flexibility index (Phi) is 6.01. The number of benzene rings is 1. The summed E-state index contributed by atoms with van der Waals surface area (Å²) >= 11 is 0. The van der Waals surface area contributed by atoms with E-state index in [1.54, 1.807) is 7.11 Å². The maximum atomic E-state index is 12.7. The van der Waals surface area contributed by atoms with E-state index in [0.29, 0.717) is 24.0 Å². The number of nitrogens with one attached hydrogen (secondary N) is 1. The summed E-state index contributed by atoms with van der Waals surface area (Å²) in [4.78, 5) is 15.4. The van der Waals surface area contributed by atoms with Gasteiger partial charge in [-0.25, -0.2) is 0 Å². The smallest absolute Gasteiger partial charge is 0.223 e. The average molecular weight is 371 g/mol. The molecule has 27 heavy (non-hydrogen) atoms. The largest absolute Gasteiger partial charge is 0.496 e. The molecule has 3 fully saturated rings. The predicted molar refractivity (Wildman–Crippen MR) is 108 cm³/mol. The first-order valence-corrected chi connectivity index (χ1v) is 10.9. The molecule has 3 aliphatic rings. The van der Waals surface area contributed by atoms with Crippen molar-refractivity contribution in [3.8, 4) is 5.75 Å². The Hall–Kier alpha value is -1.55. The molecule has 0 unspecified atom stereocenters. The van der Waals surface area contributed by atoms with Crippen molar-refractivity contribution >= 4 is 5.91 Å². The van der Waals surface area contributed by atoms with Crippen LogP contribution in [0.15, 0.2) is 24.3 Å². The Labute approximate surface area is 163 Å². The highest BCUT2D eigenvalue weighted by Gasteiger charge is 2.39. The zero-order valence-electron chi connectivity index (χ0n) is 16.7. The molecule has 2 heterocycles. The Bertz CT molecular complexity index is 627. The topological polar surface area (TPSA) is 41.6 Å². The quantitative estimate of drug-likeness (QED) is 0.841. The van der Waals surface area contributed by atoms with Gasteiger partial charge in [-0.05, 0) is 44.6 Å². The van der Waals surface area contributed by atoms with E-state index in [-0.39, 0.29) is 5.92 Å². The second-order valence-electron chi connectivity index (χ2n) is 8.73. The van der Waals surface area contributed by atoms with Crippen molar-refractivity contribution in [3.63, 3.8) is 0 Å². The van der Waals surface area contributed by atoms with E-state index in [1.807, 2.05) is 6.07 Å². The molecule has 1 N–H and O–H groups in total. The summed E-state index contributed by atoms with van der Waals surface area (Å²) in [6, 6.07) is 9.91. The molecule has 2 saturated heterocycles. The number of ether oxygens (including phenoxy) is 1. The van der Waals surface area contributed by atoms with Gasteiger partial charge in [-0.2, -0.15) is 0 Å². The zero-order valence-corrected chi connectivity index (χ0v) is 16.7. The van der Waals surface area contributed by atoms with E-state index < -0.39 is 0 Å². The van der Waals surface area contributed by atoms with E-state index in [4.69, 9.17) is 4.74 Å². The molecule has 4 rings (SSSR count). The first kappa shape index (κ1) is 18.8. The Balaban J connectivity index is 1.39. The number of hydrogen-bond donors (Lipinski definition) is 1. The summed E-state index contributed by atoms with van der Waals surface area (Å²) in [6.45, 7) is 0.961. The third kappa shape index (κ3) is 4.31. The molecule has 0 spiro atoms. The molecule has 0 radical (unpaired) electrons. The van der Waals surface area contributed by atoms with Crippen molar-refractivity contribution in [1.29, 1.82) is 0 Å². The molecule has 2 bridgehead atoms. The van der Waals surface area contributed by atoms with Gasteiger partial charge in [0.05, 0.1) is 7.11 Å². The summed E-state index contributed by atoms with van der Waals surface area (Å²) < 4.78 is 5.57. The Morgan fingerprint density at radius 2 is 1.74 bits per heavy atom. The van der Waals surface area contributed by atoms with Crippen molar-refractivity contribution in [2.24, 2.45) is 5.92 Å². The lowest BCUT2D eigenvalue weighted by Crippen LogP contribution is -2.57. The first-order valence-electron chi connectivity index (χ1n) is 10.9. The molecule has 4 nitrogen and oxygen atoms in total. The van der Waals surface area contributed by atoms with E-state index in [0.717, 1.165) is 38.0 Å². The van der Waals surface area contributed by atoms with Gasteiger partial charge in [0.2, 0.25) is 5.91 Å². The summed E-state index contributed by atoms with van der Waals surface area (Å²) in [5.41, 5.74) is 1.28. The minimum Gasteiger partial charge on any atom is -0.496 e. The van der Waals surface area contributed by atoms with Gasteiger partial charge in [0.25, 0.3) is 0 Å². The highest BCUT2D eigenvalue weighted by atomic mass is 16.5. The van der Waals surface area contributed by atoms with Gasteiger partial charge < -0.3 is 10.1 Å². The van der Waals surface area contributed by atoms with Crippen LogP contribution in [-0.4, -0.2) is 36.0 Å². The van der Waals surface area contributed by atoms with Crippen LogP contribution in [0.1, 0.15) is 69.8 Å². The van der Waals surface area contributed by atoms with Gasteiger partial charge in [-0.1, -0.05) is 43.9 Å². The van der Waals surface area contributed by atoms with Crippen molar-refractivity contribution in [3.05, 3.63) is 29.8 Å². The molecule has 2 atom stereocenters. The van der Waals surface area contributed by atoms with Crippen molar-refractivity contribution in [2.45, 2.75) is 88.9 Å². The van der Waals surface area contributed by atoms with Crippen LogP contribution in [0.4, 0.5) is 0 Å². The SMILES string of the molecule is COc1ccccc1CN1[C@H]2CCC[C@H]1CC(NC(=O)C1CCCCC1)C2. The van der Waals surface area contributed by atoms with Crippen LogP contribution in [0.5, 0.6) is 5.75 Å². The van der Waals surface area contributed by atoms with Crippen LogP contribution in [0.3, 0.4) is 0 Å². The maximum Gasteiger partial charge on any atom is 0.223 e. The minimum absolute atomic E-state index is 0.269. The second-order valence-corrected chi connectivity index (χ2v) is 8.73. The van der Waals surface area contributed by atoms with E-state index >= 15 is 0 Å². The van der Waals surface area contributed by atoms with Gasteiger partial charge in [0.15, 0.2) is 0 Å². The Morgan fingerprint density at radius 1 is 1.04 bits per heavy atom. The molecular formula is C23H34N2O2. The van der Waals surface area contributed by atoms with Crippen molar-refractivity contribution in [2.75, 3.05) is 7.11 Å². The highest BCUT2D eigenvalue weighted by Crippen LogP contribution is 2.36. The summed E-state index contributed by atoms with van der Waals surface area (Å²) in [5.74, 6) is 1.59. The standard InChI is InChI=1S/C23H34N2O2/c1-27-22-13-6-5-10-18(22)16-25-20-11-7-12-21(25)15-19(14-20)24-23(26)17-8-3-2-4-9-17/h5-6,10,13,17,19-21H,2-4,7-9,11-12,14-16H2,1H3,(H,24,26)/t20-,21-/m0/s1. The molecule has 1 amide bonds. The van der Waals surface area contributed by atoms with E-state index in [1.165, 1.54) is 44.1 Å². The Morgan fingerprint density at radius 3 is 2.44 bits per heavy atom. The fourth-order valence-electron chi connectivity index (χ4n) is 5.57. The molecule has 4 heteroatoms. The summed E-state index contributed by atoms with van der Waals surface area (Å²) in [5, 5.41) is 3.43. The van der Waals surface area contributed by atoms with Crippen LogP contribution in [0.25, 0.3) is 0 Å².